The molecule has 3 aliphatic heterocycles. The summed E-state index contributed by atoms with van der Waals surface area (Å²) in [6.45, 7) is 2.01. The zero-order chi connectivity index (χ0) is 47.2. The first-order valence-corrected chi connectivity index (χ1v) is 22.3. The van der Waals surface area contributed by atoms with E-state index in [4.69, 9.17) is 5.73 Å². The van der Waals surface area contributed by atoms with Gasteiger partial charge in [-0.25, -0.2) is 0 Å². The summed E-state index contributed by atoms with van der Waals surface area (Å²) in [5.74, 6) is -13.8. The van der Waals surface area contributed by atoms with Crippen LogP contribution >= 0.6 is 0 Å². The van der Waals surface area contributed by atoms with E-state index in [9.17, 15) is 67.8 Å². The monoisotopic (exact) mass is 916 g/mol. The van der Waals surface area contributed by atoms with E-state index in [2.05, 4.69) is 31.6 Å². The van der Waals surface area contributed by atoms with Crippen molar-refractivity contribution in [3.8, 4) is 5.75 Å². The van der Waals surface area contributed by atoms with Gasteiger partial charge in [0, 0.05) is 55.5 Å². The zero-order valence-electron chi connectivity index (χ0n) is 35.6. The molecule has 350 valence electrons. The number of phenols is 1. The van der Waals surface area contributed by atoms with E-state index in [-0.39, 0.29) is 28.3 Å². The molecule has 4 heterocycles. The molecule has 1 aromatic heterocycles. The highest BCUT2D eigenvalue weighted by molar-refractivity contribution is 7.85. The summed E-state index contributed by atoms with van der Waals surface area (Å²) in [6, 6.07) is -1.99. The summed E-state index contributed by atoms with van der Waals surface area (Å²) in [5.41, 5.74) is 5.90. The minimum Gasteiger partial charge on any atom is -0.508 e. The smallest absolute Gasteiger partial charge is 0.243 e. The van der Waals surface area contributed by atoms with Crippen molar-refractivity contribution in [1.82, 2.24) is 36.5 Å². The number of amides is 7. The maximum atomic E-state index is 14.6. The van der Waals surface area contributed by atoms with Gasteiger partial charge >= 0.3 is 0 Å². The van der Waals surface area contributed by atoms with Gasteiger partial charge in [0.1, 0.15) is 22.9 Å². The molecule has 11 atom stereocenters. The number of H-pyrrole nitrogens is 1. The van der Waals surface area contributed by atoms with Crippen LogP contribution in [0.25, 0.3) is 10.9 Å². The standard InChI is InChI=1S/C41H56N8O14S/c1-4-18(2)35-39(61)44-13-33(57)45-27-17-64(63)40-25(24-6-5-22(51)11-26(24)46-40)7-20(37(59)43-14-34(58)47-35)8-30(54)36(19(3)31(55)16-50)48-38(60)28-12-23(52)15-49(28)41(62)21(9-29(27)53)10-32(42)56/h5-6,11,18-21,23,27-28,31,35-36,46,50-52,55H,4,7-10,12-17H2,1-3H3,(H2,42,56)(H,43,59)(H,44,61)(H,45,57)(H,47,58)(H,48,60)/t18-,19-,20?,21-,23?,27?,28-,31-,35-,36-,64+/m0/s1. The van der Waals surface area contributed by atoms with Crippen molar-refractivity contribution in [2.24, 2.45) is 29.4 Å². The lowest BCUT2D eigenvalue weighted by atomic mass is 9.85. The molecular weight excluding hydrogens is 861 g/mol. The van der Waals surface area contributed by atoms with Gasteiger partial charge in [-0.1, -0.05) is 27.2 Å². The van der Waals surface area contributed by atoms with Gasteiger partial charge in [-0.2, -0.15) is 0 Å². The van der Waals surface area contributed by atoms with Gasteiger partial charge in [0.05, 0.1) is 72.0 Å². The predicted molar refractivity (Wildman–Crippen MR) is 225 cm³/mol. The Morgan fingerprint density at radius 2 is 1.58 bits per heavy atom. The molecule has 3 unspecified atom stereocenters. The normalized spacial score (nSPS) is 28.8. The molecule has 12 N–H and O–H groups in total. The number of aliphatic hydroxyl groups is 3. The minimum absolute atomic E-state index is 0.102. The number of carbonyl (C=O) groups is 9. The number of nitrogens with two attached hydrogens (primary N) is 1. The summed E-state index contributed by atoms with van der Waals surface area (Å²) in [4.78, 5) is 128. The summed E-state index contributed by atoms with van der Waals surface area (Å²) in [6.07, 6.45) is -5.54. The molecule has 2 bridgehead atoms. The largest absolute Gasteiger partial charge is 0.508 e. The van der Waals surface area contributed by atoms with Crippen molar-refractivity contribution in [2.75, 3.05) is 32.0 Å². The number of aromatic hydroxyl groups is 1. The second-order valence-electron chi connectivity index (χ2n) is 16.8. The van der Waals surface area contributed by atoms with Crippen LogP contribution in [0, 0.1) is 23.7 Å². The molecule has 0 radical (unpaired) electrons. The summed E-state index contributed by atoms with van der Waals surface area (Å²) in [5, 5.41) is 54.4. The highest BCUT2D eigenvalue weighted by atomic mass is 32.2. The lowest BCUT2D eigenvalue weighted by Crippen LogP contribution is -2.56. The summed E-state index contributed by atoms with van der Waals surface area (Å²) < 4.78 is 14.6. The van der Waals surface area contributed by atoms with Crippen molar-refractivity contribution in [3.63, 3.8) is 0 Å². The predicted octanol–water partition coefficient (Wildman–Crippen LogP) is -3.74. The Bertz CT molecular complexity index is 2200. The van der Waals surface area contributed by atoms with E-state index < -0.39 is 181 Å². The van der Waals surface area contributed by atoms with E-state index in [1.54, 1.807) is 13.8 Å². The molecule has 1 fully saturated rings. The van der Waals surface area contributed by atoms with E-state index >= 15 is 0 Å². The fraction of sp³-hybridized carbons (Fsp3) is 0.585. The number of rotatable bonds is 7. The number of carbonyl (C=O) groups excluding carboxylic acids is 9. The Balaban J connectivity index is 1.73. The van der Waals surface area contributed by atoms with Crippen LogP contribution < -0.4 is 32.3 Å². The lowest BCUT2D eigenvalue weighted by Gasteiger charge is -2.32. The van der Waals surface area contributed by atoms with Crippen LogP contribution in [0.1, 0.15) is 58.4 Å². The first kappa shape index (κ1) is 49.2. The third-order valence-electron chi connectivity index (χ3n) is 12.1. The molecule has 0 aliphatic carbocycles. The quantitative estimate of drug-likeness (QED) is 0.127. The second-order valence-corrected chi connectivity index (χ2v) is 18.2. The Hall–Kier alpha value is -5.78. The topological polar surface area (TPSA) is 357 Å². The molecule has 3 aliphatic rings. The van der Waals surface area contributed by atoms with Crippen LogP contribution in [-0.4, -0.2) is 156 Å². The number of nitrogens with zero attached hydrogens (tertiary/aromatic N) is 1. The molecule has 5 rings (SSSR count). The summed E-state index contributed by atoms with van der Waals surface area (Å²) >= 11 is 0. The number of aromatic amines is 1. The van der Waals surface area contributed by atoms with E-state index in [0.717, 1.165) is 4.90 Å². The van der Waals surface area contributed by atoms with Gasteiger partial charge in [0.2, 0.25) is 41.4 Å². The van der Waals surface area contributed by atoms with Gasteiger partial charge in [-0.3, -0.25) is 47.4 Å². The van der Waals surface area contributed by atoms with Gasteiger partial charge in [0.25, 0.3) is 0 Å². The lowest BCUT2D eigenvalue weighted by molar-refractivity contribution is -0.145. The number of aromatic nitrogens is 1. The molecule has 1 aromatic carbocycles. The molecule has 0 spiro atoms. The van der Waals surface area contributed by atoms with Gasteiger partial charge in [-0.05, 0) is 30.0 Å². The third-order valence-corrected chi connectivity index (χ3v) is 13.6. The van der Waals surface area contributed by atoms with Crippen molar-refractivity contribution >= 4 is 74.6 Å². The SMILES string of the molecule is CC[C@H](C)[C@@H]1NC(=O)CNC(=O)C2CC(=O)[C@H]([C@@H](C)[C@@H](O)CO)NC(=O)[C@@H]3CC(O)CN3C(=O)[C@H](CC(N)=O)CC(=O)C(C[S@@](=O)c3[nH]c4cc(O)ccc4c3C2)NC(=O)CNC1=O. The first-order chi connectivity index (χ1) is 30.2. The number of nitrogens with one attached hydrogen (secondary N) is 6. The van der Waals surface area contributed by atoms with Crippen LogP contribution in [0.4, 0.5) is 0 Å². The molecular formula is C41H56N8O14S. The van der Waals surface area contributed by atoms with Crippen molar-refractivity contribution < 1.29 is 67.8 Å². The van der Waals surface area contributed by atoms with Crippen LogP contribution in [-0.2, 0) is 60.4 Å². The molecule has 7 amide bonds. The maximum absolute atomic E-state index is 14.6. The average molecular weight is 917 g/mol. The van der Waals surface area contributed by atoms with Crippen LogP contribution in [0.15, 0.2) is 23.2 Å². The average Bonchev–Trinajstić information content (AvgIpc) is 3.82. The third kappa shape index (κ3) is 11.7. The van der Waals surface area contributed by atoms with Crippen LogP contribution in [0.5, 0.6) is 5.75 Å². The molecule has 22 nitrogen and oxygen atoms in total. The molecule has 23 heteroatoms. The van der Waals surface area contributed by atoms with Gasteiger partial charge in [-0.15, -0.1) is 0 Å². The Morgan fingerprint density at radius 1 is 0.906 bits per heavy atom. The minimum atomic E-state index is -2.31. The number of hydrogen-bond acceptors (Lipinski definition) is 14. The number of ketones is 2. The van der Waals surface area contributed by atoms with E-state index in [1.807, 2.05) is 0 Å². The van der Waals surface area contributed by atoms with E-state index in [1.165, 1.54) is 25.1 Å². The fourth-order valence-electron chi connectivity index (χ4n) is 8.26. The number of aliphatic hydroxyl groups excluding tert-OH is 3. The molecule has 64 heavy (non-hydrogen) atoms. The fourth-order valence-corrected chi connectivity index (χ4v) is 9.69. The molecule has 0 saturated carbocycles. The Kier molecular flexibility index (Phi) is 16.4. The van der Waals surface area contributed by atoms with E-state index in [0.29, 0.717) is 11.8 Å². The highest BCUT2D eigenvalue weighted by Gasteiger charge is 2.45. The van der Waals surface area contributed by atoms with Crippen molar-refractivity contribution in [1.29, 1.82) is 0 Å². The number of primary amides is 1. The van der Waals surface area contributed by atoms with Gasteiger partial charge in [0.15, 0.2) is 11.6 Å². The number of Topliss-reactive ketones (excluding diaryl/α,β-unsaturated/α-hetero) is 2. The highest BCUT2D eigenvalue weighted by Crippen LogP contribution is 2.32. The van der Waals surface area contributed by atoms with Crippen molar-refractivity contribution in [3.05, 3.63) is 23.8 Å². The second kappa shape index (κ2) is 21.3. The number of fused-ring (bicyclic) bond motifs is 5. The van der Waals surface area contributed by atoms with Crippen molar-refractivity contribution in [2.45, 2.75) is 101 Å². The Morgan fingerprint density at radius 3 is 2.23 bits per heavy atom. The summed E-state index contributed by atoms with van der Waals surface area (Å²) in [7, 11) is -2.31. The van der Waals surface area contributed by atoms with Crippen LogP contribution in [0.3, 0.4) is 0 Å². The van der Waals surface area contributed by atoms with Crippen LogP contribution in [0.2, 0.25) is 0 Å². The van der Waals surface area contributed by atoms with Gasteiger partial charge < -0.3 is 62.6 Å². The number of phenolic OH excluding ortho intramolecular Hbond substituents is 1. The maximum Gasteiger partial charge on any atom is 0.243 e. The molecule has 2 aromatic rings. The Labute approximate surface area is 369 Å². The number of benzene rings is 1. The zero-order valence-corrected chi connectivity index (χ0v) is 36.4. The number of hydrogen-bond donors (Lipinski definition) is 11. The first-order valence-electron chi connectivity index (χ1n) is 21.0. The molecule has 1 saturated heterocycles.